The highest BCUT2D eigenvalue weighted by atomic mass is 35.5. The molecule has 0 saturated heterocycles. The molecule has 2 aromatic carbocycles. The van der Waals surface area contributed by atoms with Crippen LogP contribution in [-0.2, 0) is 11.3 Å². The van der Waals surface area contributed by atoms with E-state index >= 15 is 0 Å². The number of fused-ring (bicyclic) bond motifs is 3. The van der Waals surface area contributed by atoms with Crippen molar-refractivity contribution in [2.24, 2.45) is 0 Å². The summed E-state index contributed by atoms with van der Waals surface area (Å²) in [5.41, 5.74) is 2.95. The molecule has 4 aromatic rings. The second-order valence-corrected chi connectivity index (χ2v) is 7.72. The number of rotatable bonds is 7. The Morgan fingerprint density at radius 2 is 1.81 bits per heavy atom. The first-order valence-corrected chi connectivity index (χ1v) is 10.3. The Morgan fingerprint density at radius 3 is 2.61 bits per heavy atom. The molecule has 0 N–H and O–H groups in total. The number of benzene rings is 2. The van der Waals surface area contributed by atoms with Crippen LogP contribution in [0.2, 0.25) is 5.02 Å². The van der Waals surface area contributed by atoms with E-state index in [0.29, 0.717) is 36.3 Å². The minimum absolute atomic E-state index is 0.353. The Kier molecular flexibility index (Phi) is 6.30. The maximum atomic E-state index is 12.1. The van der Waals surface area contributed by atoms with E-state index in [2.05, 4.69) is 12.1 Å². The average Bonchev–Trinajstić information content (AvgIpc) is 3.12. The summed E-state index contributed by atoms with van der Waals surface area (Å²) in [6, 6.07) is 19.3. The summed E-state index contributed by atoms with van der Waals surface area (Å²) in [6.07, 6.45) is 1.39. The molecule has 1 amide bonds. The lowest BCUT2D eigenvalue weighted by Crippen LogP contribution is -2.25. The molecule has 0 aliphatic rings. The minimum atomic E-state index is -0.433. The fraction of sp³-hybridized carbons (Fsp3) is 0.208. The Balaban J connectivity index is 1.51. The molecule has 2 aromatic heterocycles. The van der Waals surface area contributed by atoms with Crippen LogP contribution in [0, 0.1) is 0 Å². The summed E-state index contributed by atoms with van der Waals surface area (Å²) >= 11 is 5.97. The molecule has 0 saturated carbocycles. The first-order valence-electron chi connectivity index (χ1n) is 9.89. The Hall–Kier alpha value is -3.22. The van der Waals surface area contributed by atoms with Crippen molar-refractivity contribution in [1.82, 2.24) is 9.30 Å². The number of ether oxygens (including phenoxy) is 3. The van der Waals surface area contributed by atoms with Crippen molar-refractivity contribution < 1.29 is 19.0 Å². The SMILES string of the molecule is CN(C)C(=O)Oc1cc(COCCOc2cccc(Cl)c2)c2cc3ccccc3n2c1. The molecule has 0 aliphatic heterocycles. The number of halogens is 1. The summed E-state index contributed by atoms with van der Waals surface area (Å²) in [5.74, 6) is 1.16. The van der Waals surface area contributed by atoms with Crippen molar-refractivity contribution in [2.75, 3.05) is 27.3 Å². The molecule has 0 radical (unpaired) electrons. The Bertz CT molecular complexity index is 1220. The summed E-state index contributed by atoms with van der Waals surface area (Å²) < 4.78 is 19.1. The van der Waals surface area contributed by atoms with E-state index in [1.807, 2.05) is 47.0 Å². The number of carbonyl (C=O) groups excluding carboxylic acids is 1. The largest absolute Gasteiger partial charge is 0.491 e. The predicted molar refractivity (Wildman–Crippen MR) is 121 cm³/mol. The molecule has 6 nitrogen and oxygen atoms in total. The van der Waals surface area contributed by atoms with Crippen molar-refractivity contribution in [3.63, 3.8) is 0 Å². The van der Waals surface area contributed by atoms with Gasteiger partial charge in [-0.25, -0.2) is 4.79 Å². The number of nitrogens with zero attached hydrogens (tertiary/aromatic N) is 2. The van der Waals surface area contributed by atoms with Crippen molar-refractivity contribution in [3.8, 4) is 11.5 Å². The molecule has 0 unspecified atom stereocenters. The fourth-order valence-electron chi connectivity index (χ4n) is 3.29. The van der Waals surface area contributed by atoms with Crippen molar-refractivity contribution in [2.45, 2.75) is 6.61 Å². The van der Waals surface area contributed by atoms with Crippen molar-refractivity contribution >= 4 is 34.1 Å². The predicted octanol–water partition coefficient (Wildman–Crippen LogP) is 5.40. The zero-order valence-corrected chi connectivity index (χ0v) is 18.1. The van der Waals surface area contributed by atoms with Gasteiger partial charge >= 0.3 is 6.09 Å². The van der Waals surface area contributed by atoms with Gasteiger partial charge in [-0.05, 0) is 36.4 Å². The number of pyridine rings is 1. The summed E-state index contributed by atoms with van der Waals surface area (Å²) in [6.45, 7) is 1.15. The van der Waals surface area contributed by atoms with Gasteiger partial charge in [0.2, 0.25) is 0 Å². The lowest BCUT2D eigenvalue weighted by molar-refractivity contribution is 0.0893. The first kappa shape index (κ1) is 21.0. The van der Waals surface area contributed by atoms with E-state index in [9.17, 15) is 4.79 Å². The quantitative estimate of drug-likeness (QED) is 0.362. The molecule has 0 atom stereocenters. The maximum absolute atomic E-state index is 12.1. The van der Waals surface area contributed by atoms with E-state index < -0.39 is 6.09 Å². The van der Waals surface area contributed by atoms with Crippen molar-refractivity contribution in [1.29, 1.82) is 0 Å². The van der Waals surface area contributed by atoms with Crippen LogP contribution in [0.4, 0.5) is 4.79 Å². The van der Waals surface area contributed by atoms with Gasteiger partial charge in [-0.2, -0.15) is 0 Å². The van der Waals surface area contributed by atoms with Gasteiger partial charge in [0.15, 0.2) is 0 Å². The zero-order valence-electron chi connectivity index (χ0n) is 17.4. The number of hydrogen-bond donors (Lipinski definition) is 0. The van der Waals surface area contributed by atoms with Gasteiger partial charge in [-0.1, -0.05) is 35.9 Å². The lowest BCUT2D eigenvalue weighted by atomic mass is 10.2. The highest BCUT2D eigenvalue weighted by Gasteiger charge is 2.13. The van der Waals surface area contributed by atoms with E-state index in [0.717, 1.165) is 22.0 Å². The number of hydrogen-bond acceptors (Lipinski definition) is 4. The van der Waals surface area contributed by atoms with Crippen LogP contribution in [0.3, 0.4) is 0 Å². The van der Waals surface area contributed by atoms with Gasteiger partial charge in [-0.3, -0.25) is 0 Å². The van der Waals surface area contributed by atoms with Crippen LogP contribution < -0.4 is 9.47 Å². The molecule has 0 aliphatic carbocycles. The molecule has 31 heavy (non-hydrogen) atoms. The first-order chi connectivity index (χ1) is 15.0. The van der Waals surface area contributed by atoms with Crippen LogP contribution in [0.15, 0.2) is 66.9 Å². The van der Waals surface area contributed by atoms with Gasteiger partial charge < -0.3 is 23.5 Å². The third kappa shape index (κ3) is 4.93. The van der Waals surface area contributed by atoms with Crippen LogP contribution in [0.5, 0.6) is 11.5 Å². The van der Waals surface area contributed by atoms with Crippen LogP contribution >= 0.6 is 11.6 Å². The average molecular weight is 439 g/mol. The van der Waals surface area contributed by atoms with Crippen LogP contribution in [0.25, 0.3) is 16.4 Å². The van der Waals surface area contributed by atoms with E-state index in [4.69, 9.17) is 25.8 Å². The monoisotopic (exact) mass is 438 g/mol. The zero-order chi connectivity index (χ0) is 21.8. The normalized spacial score (nSPS) is 11.1. The van der Waals surface area contributed by atoms with Crippen LogP contribution in [-0.4, -0.2) is 42.7 Å². The fourth-order valence-corrected chi connectivity index (χ4v) is 3.47. The molecule has 0 spiro atoms. The van der Waals surface area contributed by atoms with Gasteiger partial charge in [0, 0.05) is 30.1 Å². The third-order valence-electron chi connectivity index (χ3n) is 4.77. The van der Waals surface area contributed by atoms with E-state index in [1.165, 1.54) is 4.90 Å². The molecule has 0 bridgehead atoms. The highest BCUT2D eigenvalue weighted by Crippen LogP contribution is 2.27. The molecule has 2 heterocycles. The maximum Gasteiger partial charge on any atom is 0.414 e. The number of para-hydroxylation sites is 1. The van der Waals surface area contributed by atoms with E-state index in [-0.39, 0.29) is 0 Å². The molecule has 160 valence electrons. The minimum Gasteiger partial charge on any atom is -0.491 e. The van der Waals surface area contributed by atoms with Crippen molar-refractivity contribution in [3.05, 3.63) is 77.4 Å². The molecular weight excluding hydrogens is 416 g/mol. The second kappa shape index (κ2) is 9.29. The second-order valence-electron chi connectivity index (χ2n) is 7.28. The number of aromatic nitrogens is 1. The van der Waals surface area contributed by atoms with Gasteiger partial charge in [0.25, 0.3) is 0 Å². The molecule has 7 heteroatoms. The Labute approximate surface area is 185 Å². The molecular formula is C24H23ClN2O4. The topological polar surface area (TPSA) is 52.4 Å². The van der Waals surface area contributed by atoms with Gasteiger partial charge in [0.05, 0.1) is 30.4 Å². The van der Waals surface area contributed by atoms with Gasteiger partial charge in [-0.15, -0.1) is 0 Å². The standard InChI is InChI=1S/C24H23ClN2O4/c1-26(2)24(28)31-21-12-18(16-29-10-11-30-20-8-5-7-19(25)14-20)23-13-17-6-3-4-9-22(17)27(23)15-21/h3-9,12-15H,10-11,16H2,1-2H3. The Morgan fingerprint density at radius 1 is 0.968 bits per heavy atom. The molecule has 0 fully saturated rings. The highest BCUT2D eigenvalue weighted by molar-refractivity contribution is 6.30. The lowest BCUT2D eigenvalue weighted by Gasteiger charge is -2.14. The summed E-state index contributed by atoms with van der Waals surface area (Å²) in [7, 11) is 3.30. The number of carbonyl (C=O) groups is 1. The van der Waals surface area contributed by atoms with E-state index in [1.54, 1.807) is 26.2 Å². The number of amides is 1. The summed E-state index contributed by atoms with van der Waals surface area (Å²) in [4.78, 5) is 13.4. The smallest absolute Gasteiger partial charge is 0.414 e. The van der Waals surface area contributed by atoms with Gasteiger partial charge in [0.1, 0.15) is 18.1 Å². The van der Waals surface area contributed by atoms with Crippen LogP contribution in [0.1, 0.15) is 5.56 Å². The summed E-state index contributed by atoms with van der Waals surface area (Å²) in [5, 5.41) is 1.73. The third-order valence-corrected chi connectivity index (χ3v) is 5.01. The molecule has 4 rings (SSSR count).